The zero-order valence-corrected chi connectivity index (χ0v) is 11.6. The van der Waals surface area contributed by atoms with Crippen LogP contribution >= 0.6 is 0 Å². The topological polar surface area (TPSA) is 92.0 Å². The highest BCUT2D eigenvalue weighted by Gasteiger charge is 2.24. The van der Waals surface area contributed by atoms with Gasteiger partial charge in [-0.15, -0.1) is 0 Å². The lowest BCUT2D eigenvalue weighted by Gasteiger charge is -2.23. The quantitative estimate of drug-likeness (QED) is 0.718. The maximum Gasteiger partial charge on any atom is 0.212 e. The van der Waals surface area contributed by atoms with Crippen molar-refractivity contribution in [3.8, 4) is 6.07 Å². The average Bonchev–Trinajstić information content (AvgIpc) is 2.92. The van der Waals surface area contributed by atoms with Gasteiger partial charge in [0.2, 0.25) is 5.95 Å². The molecule has 3 aromatic rings. The van der Waals surface area contributed by atoms with E-state index in [4.69, 9.17) is 11.0 Å². The van der Waals surface area contributed by atoms with Crippen LogP contribution < -0.4 is 11.1 Å². The predicted octanol–water partition coefficient (Wildman–Crippen LogP) is 2.20. The van der Waals surface area contributed by atoms with Crippen molar-refractivity contribution in [3.05, 3.63) is 59.7 Å². The van der Waals surface area contributed by atoms with Gasteiger partial charge >= 0.3 is 0 Å². The van der Waals surface area contributed by atoms with Crippen LogP contribution in [0.4, 0.5) is 5.95 Å². The predicted molar refractivity (Wildman–Crippen MR) is 84.3 cm³/mol. The second kappa shape index (κ2) is 4.60. The van der Waals surface area contributed by atoms with Crippen molar-refractivity contribution in [1.82, 2.24) is 9.55 Å². The molecular formula is C16H12N6. The first kappa shape index (κ1) is 12.4. The van der Waals surface area contributed by atoms with Crippen LogP contribution in [0.1, 0.15) is 17.3 Å². The zero-order chi connectivity index (χ0) is 15.1. The van der Waals surface area contributed by atoms with Crippen molar-refractivity contribution in [2.75, 3.05) is 5.32 Å². The second-order valence-electron chi connectivity index (χ2n) is 5.04. The molecule has 6 heteroatoms. The molecule has 1 atom stereocenters. The minimum Gasteiger partial charge on any atom is -0.370 e. The fourth-order valence-corrected chi connectivity index (χ4v) is 2.67. The molecule has 3 N–H and O–H groups in total. The Kier molecular flexibility index (Phi) is 2.60. The number of nitrogens with one attached hydrogen (secondary N) is 1. The smallest absolute Gasteiger partial charge is 0.212 e. The molecule has 0 saturated heterocycles. The fraction of sp³-hybridized carbons (Fsp3) is 0.0625. The number of imidazole rings is 1. The van der Waals surface area contributed by atoms with Gasteiger partial charge in [0.05, 0.1) is 22.7 Å². The summed E-state index contributed by atoms with van der Waals surface area (Å²) in [6, 6.07) is 17.3. The lowest BCUT2D eigenvalue weighted by atomic mass is 10.1. The van der Waals surface area contributed by atoms with E-state index in [1.54, 1.807) is 12.1 Å². The monoisotopic (exact) mass is 288 g/mol. The summed E-state index contributed by atoms with van der Waals surface area (Å²) in [4.78, 5) is 9.05. The first-order chi connectivity index (χ1) is 10.8. The van der Waals surface area contributed by atoms with E-state index in [1.807, 2.05) is 41.0 Å². The van der Waals surface area contributed by atoms with Gasteiger partial charge in [0, 0.05) is 0 Å². The molecule has 4 rings (SSSR count). The van der Waals surface area contributed by atoms with Crippen molar-refractivity contribution in [2.45, 2.75) is 6.17 Å². The Morgan fingerprint density at radius 3 is 2.68 bits per heavy atom. The maximum atomic E-state index is 8.92. The Morgan fingerprint density at radius 1 is 1.14 bits per heavy atom. The highest BCUT2D eigenvalue weighted by molar-refractivity contribution is 5.94. The third-order valence-electron chi connectivity index (χ3n) is 3.68. The van der Waals surface area contributed by atoms with Crippen LogP contribution in [0.5, 0.6) is 0 Å². The van der Waals surface area contributed by atoms with Gasteiger partial charge in [-0.3, -0.25) is 9.88 Å². The van der Waals surface area contributed by atoms with Crippen molar-refractivity contribution >= 4 is 22.9 Å². The number of anilines is 1. The molecule has 106 valence electrons. The highest BCUT2D eigenvalue weighted by atomic mass is 15.4. The normalized spacial score (nSPS) is 16.5. The number of hydrogen-bond acceptors (Lipinski definition) is 5. The number of aromatic nitrogens is 2. The molecule has 0 unspecified atom stereocenters. The fourth-order valence-electron chi connectivity index (χ4n) is 2.67. The molecule has 22 heavy (non-hydrogen) atoms. The average molecular weight is 288 g/mol. The summed E-state index contributed by atoms with van der Waals surface area (Å²) in [5, 5.41) is 11.9. The Morgan fingerprint density at radius 2 is 1.91 bits per heavy atom. The Labute approximate surface area is 126 Å². The van der Waals surface area contributed by atoms with Gasteiger partial charge in [0.1, 0.15) is 0 Å². The molecule has 0 radical (unpaired) electrons. The first-order valence-corrected chi connectivity index (χ1v) is 6.83. The summed E-state index contributed by atoms with van der Waals surface area (Å²) < 4.78 is 2.01. The van der Waals surface area contributed by atoms with Crippen LogP contribution in [0.3, 0.4) is 0 Å². The summed E-state index contributed by atoms with van der Waals surface area (Å²) in [7, 11) is 0. The summed E-state index contributed by atoms with van der Waals surface area (Å²) >= 11 is 0. The Bertz CT molecular complexity index is 929. The van der Waals surface area contributed by atoms with E-state index in [2.05, 4.69) is 21.4 Å². The van der Waals surface area contributed by atoms with E-state index in [0.29, 0.717) is 17.5 Å². The third kappa shape index (κ3) is 1.80. The van der Waals surface area contributed by atoms with Crippen LogP contribution in [0.25, 0.3) is 11.0 Å². The first-order valence-electron chi connectivity index (χ1n) is 6.83. The van der Waals surface area contributed by atoms with Crippen molar-refractivity contribution in [2.24, 2.45) is 10.7 Å². The molecule has 0 amide bonds. The van der Waals surface area contributed by atoms with Gasteiger partial charge < -0.3 is 5.73 Å². The summed E-state index contributed by atoms with van der Waals surface area (Å²) in [6.07, 6.45) is -0.295. The number of guanidine groups is 1. The SMILES string of the molecule is N#Cc1ccc([C@H]2N=C(N)Nc3nc4ccccc4n32)cc1. The molecule has 1 aliphatic heterocycles. The number of fused-ring (bicyclic) bond motifs is 3. The molecule has 2 heterocycles. The van der Waals surface area contributed by atoms with E-state index >= 15 is 0 Å². The lowest BCUT2D eigenvalue weighted by molar-refractivity contribution is 0.626. The van der Waals surface area contributed by atoms with Gasteiger partial charge in [-0.1, -0.05) is 24.3 Å². The van der Waals surface area contributed by atoms with E-state index in [-0.39, 0.29) is 6.17 Å². The number of nitrogens with two attached hydrogens (primary N) is 1. The Hall–Kier alpha value is -3.33. The second-order valence-corrected chi connectivity index (χ2v) is 5.04. The standard InChI is InChI=1S/C16H12N6/c17-9-10-5-7-11(8-6-10)14-20-15(18)21-16-19-12-3-1-2-4-13(12)22(14)16/h1-8,14H,(H3,18,19,20,21)/t14-/m0/s1. The van der Waals surface area contributed by atoms with Crippen molar-refractivity contribution < 1.29 is 0 Å². The van der Waals surface area contributed by atoms with Gasteiger partial charge in [0.25, 0.3) is 0 Å². The molecule has 0 saturated carbocycles. The van der Waals surface area contributed by atoms with Gasteiger partial charge in [-0.2, -0.15) is 5.26 Å². The molecule has 1 aromatic heterocycles. The molecule has 6 nitrogen and oxygen atoms in total. The van der Waals surface area contributed by atoms with E-state index in [9.17, 15) is 0 Å². The van der Waals surface area contributed by atoms with Crippen LogP contribution in [-0.2, 0) is 0 Å². The number of benzene rings is 2. The van der Waals surface area contributed by atoms with Crippen LogP contribution in [0.2, 0.25) is 0 Å². The molecule has 0 aliphatic carbocycles. The molecule has 1 aliphatic rings. The molecule has 2 aromatic carbocycles. The maximum absolute atomic E-state index is 8.92. The number of rotatable bonds is 1. The highest BCUT2D eigenvalue weighted by Crippen LogP contribution is 2.32. The number of para-hydroxylation sites is 2. The molecular weight excluding hydrogens is 276 g/mol. The summed E-state index contributed by atoms with van der Waals surface area (Å²) in [5.74, 6) is 1.00. The lowest BCUT2D eigenvalue weighted by Crippen LogP contribution is -2.31. The van der Waals surface area contributed by atoms with E-state index < -0.39 is 0 Å². The van der Waals surface area contributed by atoms with Gasteiger partial charge in [0.15, 0.2) is 12.1 Å². The number of nitrogens with zero attached hydrogens (tertiary/aromatic N) is 4. The van der Waals surface area contributed by atoms with Gasteiger partial charge in [-0.25, -0.2) is 9.98 Å². The van der Waals surface area contributed by atoms with Crippen molar-refractivity contribution in [1.29, 1.82) is 5.26 Å². The number of nitriles is 1. The minimum absolute atomic E-state index is 0.295. The van der Waals surface area contributed by atoms with Crippen LogP contribution in [0.15, 0.2) is 53.5 Å². The van der Waals surface area contributed by atoms with Crippen LogP contribution in [0, 0.1) is 11.3 Å². The van der Waals surface area contributed by atoms with Crippen LogP contribution in [-0.4, -0.2) is 15.5 Å². The largest absolute Gasteiger partial charge is 0.370 e. The zero-order valence-electron chi connectivity index (χ0n) is 11.6. The van der Waals surface area contributed by atoms with Crippen molar-refractivity contribution in [3.63, 3.8) is 0 Å². The minimum atomic E-state index is -0.295. The third-order valence-corrected chi connectivity index (χ3v) is 3.68. The van der Waals surface area contributed by atoms with Gasteiger partial charge in [-0.05, 0) is 29.8 Å². The number of hydrogen-bond donors (Lipinski definition) is 2. The number of aliphatic imine (C=N–C) groups is 1. The van der Waals surface area contributed by atoms with E-state index in [0.717, 1.165) is 16.6 Å². The summed E-state index contributed by atoms with van der Waals surface area (Å²) in [6.45, 7) is 0. The molecule has 0 bridgehead atoms. The molecule has 0 fully saturated rings. The molecule has 0 spiro atoms. The van der Waals surface area contributed by atoms with E-state index in [1.165, 1.54) is 0 Å². The Balaban J connectivity index is 1.92. The summed E-state index contributed by atoms with van der Waals surface area (Å²) in [5.41, 5.74) is 9.32.